The number of benzene rings is 1. The minimum Gasteiger partial charge on any atom is -0.365 e. The number of rotatable bonds is 7. The van der Waals surface area contributed by atoms with Gasteiger partial charge in [0.25, 0.3) is 5.91 Å². The molecule has 33 heavy (non-hydrogen) atoms. The lowest BCUT2D eigenvalue weighted by Gasteiger charge is -2.34. The molecule has 176 valence electrons. The summed E-state index contributed by atoms with van der Waals surface area (Å²) in [5.41, 5.74) is 7.97. The maximum Gasteiger partial charge on any atom is 0.251 e. The van der Waals surface area contributed by atoms with Gasteiger partial charge in [0.05, 0.1) is 12.0 Å². The third kappa shape index (κ3) is 5.75. The first-order valence-corrected chi connectivity index (χ1v) is 12.6. The predicted octanol–water partition coefficient (Wildman–Crippen LogP) is 3.09. The fourth-order valence-electron chi connectivity index (χ4n) is 4.50. The number of halogens is 1. The topological polar surface area (TPSA) is 95.7 Å². The van der Waals surface area contributed by atoms with Gasteiger partial charge in [0, 0.05) is 49.0 Å². The molecule has 0 saturated carbocycles. The first-order valence-electron chi connectivity index (χ1n) is 11.4. The number of primary amides is 1. The minimum absolute atomic E-state index is 0.0705. The highest BCUT2D eigenvalue weighted by Gasteiger charge is 2.26. The van der Waals surface area contributed by atoms with Crippen molar-refractivity contribution in [2.45, 2.75) is 38.5 Å². The molecule has 3 amide bonds. The van der Waals surface area contributed by atoms with Crippen LogP contribution in [-0.4, -0.2) is 60.2 Å². The number of aryl methyl sites for hydroxylation is 1. The second kappa shape index (κ2) is 10.7. The number of nitrogens with zero attached hydrogens (tertiary/aromatic N) is 2. The number of fused-ring (bicyclic) bond motifs is 1. The highest BCUT2D eigenvalue weighted by atomic mass is 35.5. The van der Waals surface area contributed by atoms with E-state index in [1.54, 1.807) is 6.07 Å². The second-order valence-electron chi connectivity index (χ2n) is 8.57. The van der Waals surface area contributed by atoms with Crippen LogP contribution in [-0.2, 0) is 28.9 Å². The standard InChI is InChI=1S/C24H29ClN4O3S/c25-18-7-3-1-5-16(18)15-21(31)29-13-11-28(12-14-29)10-9-20(30)27-24-22(23(26)32)17-6-2-4-8-19(17)33-24/h1,3,5,7H,2,4,6,8-15H2,(H2,26,32)(H,27,30). The smallest absolute Gasteiger partial charge is 0.251 e. The summed E-state index contributed by atoms with van der Waals surface area (Å²) in [6.07, 6.45) is 4.56. The highest BCUT2D eigenvalue weighted by molar-refractivity contribution is 7.17. The molecule has 4 rings (SSSR count). The monoisotopic (exact) mass is 488 g/mol. The van der Waals surface area contributed by atoms with Crippen LogP contribution >= 0.6 is 22.9 Å². The lowest BCUT2D eigenvalue weighted by molar-refractivity contribution is -0.132. The Morgan fingerprint density at radius 3 is 2.52 bits per heavy atom. The summed E-state index contributed by atoms with van der Waals surface area (Å²) in [7, 11) is 0. The van der Waals surface area contributed by atoms with Gasteiger partial charge < -0.3 is 16.0 Å². The molecule has 2 aromatic rings. The number of amides is 3. The summed E-state index contributed by atoms with van der Waals surface area (Å²) in [6, 6.07) is 7.41. The summed E-state index contributed by atoms with van der Waals surface area (Å²) in [4.78, 5) is 42.4. The van der Waals surface area contributed by atoms with Crippen LogP contribution in [0.25, 0.3) is 0 Å². The number of carbonyl (C=O) groups is 3. The van der Waals surface area contributed by atoms with Gasteiger partial charge in [-0.3, -0.25) is 19.3 Å². The Hall–Kier alpha value is -2.42. The van der Waals surface area contributed by atoms with Gasteiger partial charge in [-0.05, 0) is 42.9 Å². The summed E-state index contributed by atoms with van der Waals surface area (Å²) < 4.78 is 0. The normalized spacial score (nSPS) is 16.3. The summed E-state index contributed by atoms with van der Waals surface area (Å²) in [6.45, 7) is 3.32. The molecule has 1 aliphatic carbocycles. The van der Waals surface area contributed by atoms with Crippen molar-refractivity contribution in [2.24, 2.45) is 5.73 Å². The molecule has 2 aliphatic rings. The third-order valence-corrected chi connectivity index (χ3v) is 7.93. The molecule has 3 N–H and O–H groups in total. The van der Waals surface area contributed by atoms with E-state index < -0.39 is 5.91 Å². The average molecular weight is 489 g/mol. The van der Waals surface area contributed by atoms with Crippen molar-refractivity contribution in [3.05, 3.63) is 50.9 Å². The van der Waals surface area contributed by atoms with Crippen molar-refractivity contribution >= 4 is 45.7 Å². The Labute approximate surface area is 202 Å². The van der Waals surface area contributed by atoms with Crippen molar-refractivity contribution in [3.8, 4) is 0 Å². The Balaban J connectivity index is 1.24. The van der Waals surface area contributed by atoms with E-state index in [2.05, 4.69) is 10.2 Å². The zero-order valence-corrected chi connectivity index (χ0v) is 20.1. The van der Waals surface area contributed by atoms with Gasteiger partial charge in [-0.2, -0.15) is 0 Å². The highest BCUT2D eigenvalue weighted by Crippen LogP contribution is 2.37. The van der Waals surface area contributed by atoms with Gasteiger partial charge in [0.2, 0.25) is 11.8 Å². The molecule has 1 aromatic carbocycles. The number of nitrogens with one attached hydrogen (secondary N) is 1. The van der Waals surface area contributed by atoms with Crippen LogP contribution in [0.4, 0.5) is 5.00 Å². The molecule has 2 heterocycles. The molecular formula is C24H29ClN4O3S. The SMILES string of the molecule is NC(=O)c1c(NC(=O)CCN2CCN(C(=O)Cc3ccccc3Cl)CC2)sc2c1CCCC2. The predicted molar refractivity (Wildman–Crippen MR) is 131 cm³/mol. The van der Waals surface area contributed by atoms with Gasteiger partial charge in [-0.25, -0.2) is 0 Å². The van der Waals surface area contributed by atoms with Crippen molar-refractivity contribution in [1.29, 1.82) is 0 Å². The lowest BCUT2D eigenvalue weighted by Crippen LogP contribution is -2.49. The van der Waals surface area contributed by atoms with Gasteiger partial charge in [-0.15, -0.1) is 11.3 Å². The molecule has 1 saturated heterocycles. The largest absolute Gasteiger partial charge is 0.365 e. The molecule has 0 radical (unpaired) electrons. The zero-order valence-electron chi connectivity index (χ0n) is 18.6. The van der Waals surface area contributed by atoms with E-state index in [9.17, 15) is 14.4 Å². The number of thiophene rings is 1. The maximum atomic E-state index is 12.6. The van der Waals surface area contributed by atoms with Gasteiger partial charge >= 0.3 is 0 Å². The first kappa shape index (κ1) is 23.7. The number of carbonyl (C=O) groups excluding carboxylic acids is 3. The van der Waals surface area contributed by atoms with Crippen molar-refractivity contribution in [3.63, 3.8) is 0 Å². The van der Waals surface area contributed by atoms with E-state index in [0.717, 1.165) is 49.9 Å². The number of piperazine rings is 1. The van der Waals surface area contributed by atoms with E-state index >= 15 is 0 Å². The van der Waals surface area contributed by atoms with Crippen LogP contribution < -0.4 is 11.1 Å². The number of hydrogen-bond donors (Lipinski definition) is 2. The van der Waals surface area contributed by atoms with Gasteiger partial charge in [-0.1, -0.05) is 29.8 Å². The molecule has 0 atom stereocenters. The van der Waals surface area contributed by atoms with Crippen LogP contribution in [0.15, 0.2) is 24.3 Å². The van der Waals surface area contributed by atoms with Crippen LogP contribution in [0, 0.1) is 0 Å². The van der Waals surface area contributed by atoms with Crippen molar-refractivity contribution in [2.75, 3.05) is 38.0 Å². The molecule has 1 aromatic heterocycles. The quantitative estimate of drug-likeness (QED) is 0.626. The molecule has 0 unspecified atom stereocenters. The molecule has 1 aliphatic heterocycles. The fraction of sp³-hybridized carbons (Fsp3) is 0.458. The lowest BCUT2D eigenvalue weighted by atomic mass is 9.95. The molecule has 0 spiro atoms. The Morgan fingerprint density at radius 2 is 1.79 bits per heavy atom. The van der Waals surface area contributed by atoms with Crippen LogP contribution in [0.3, 0.4) is 0 Å². The van der Waals surface area contributed by atoms with Crippen molar-refractivity contribution in [1.82, 2.24) is 9.80 Å². The molecular weight excluding hydrogens is 460 g/mol. The third-order valence-electron chi connectivity index (χ3n) is 6.35. The maximum absolute atomic E-state index is 12.6. The summed E-state index contributed by atoms with van der Waals surface area (Å²) in [5.74, 6) is -0.517. The minimum atomic E-state index is -0.470. The fourth-order valence-corrected chi connectivity index (χ4v) is 6.01. The summed E-state index contributed by atoms with van der Waals surface area (Å²) in [5, 5.41) is 4.13. The van der Waals surface area contributed by atoms with E-state index in [-0.39, 0.29) is 11.8 Å². The first-order chi connectivity index (χ1) is 15.9. The van der Waals surface area contributed by atoms with Crippen molar-refractivity contribution < 1.29 is 14.4 Å². The molecule has 9 heteroatoms. The summed E-state index contributed by atoms with van der Waals surface area (Å²) >= 11 is 7.66. The number of anilines is 1. The number of hydrogen-bond acceptors (Lipinski definition) is 5. The van der Waals surface area contributed by atoms with Gasteiger partial charge in [0.15, 0.2) is 0 Å². The van der Waals surface area contributed by atoms with Crippen LogP contribution in [0.1, 0.15) is 45.6 Å². The Bertz CT molecular complexity index is 1050. The Kier molecular flexibility index (Phi) is 7.67. The zero-order chi connectivity index (χ0) is 23.4. The molecule has 1 fully saturated rings. The van der Waals surface area contributed by atoms with E-state index in [1.807, 2.05) is 23.1 Å². The van der Waals surface area contributed by atoms with Gasteiger partial charge in [0.1, 0.15) is 5.00 Å². The molecule has 7 nitrogen and oxygen atoms in total. The number of nitrogens with two attached hydrogens (primary N) is 1. The van der Waals surface area contributed by atoms with Crippen LogP contribution in [0.2, 0.25) is 5.02 Å². The second-order valence-corrected chi connectivity index (χ2v) is 10.1. The van der Waals surface area contributed by atoms with Crippen LogP contribution in [0.5, 0.6) is 0 Å². The van der Waals surface area contributed by atoms with E-state index in [4.69, 9.17) is 17.3 Å². The molecule has 0 bridgehead atoms. The van der Waals surface area contributed by atoms with E-state index in [0.29, 0.717) is 48.1 Å². The average Bonchev–Trinajstić information content (AvgIpc) is 3.17. The Morgan fingerprint density at radius 1 is 1.06 bits per heavy atom. The van der Waals surface area contributed by atoms with E-state index in [1.165, 1.54) is 16.2 Å².